The molecule has 0 aliphatic heterocycles. The number of nitrogens with zero attached hydrogens (tertiary/aromatic N) is 4. The molecule has 5 aromatic rings. The molecule has 31 heavy (non-hydrogen) atoms. The summed E-state index contributed by atoms with van der Waals surface area (Å²) >= 11 is 2.58. The van der Waals surface area contributed by atoms with Gasteiger partial charge in [0.05, 0.1) is 27.9 Å². The van der Waals surface area contributed by atoms with Crippen molar-refractivity contribution in [1.29, 1.82) is 0 Å². The monoisotopic (exact) mass is 448 g/mol. The lowest BCUT2D eigenvalue weighted by Gasteiger charge is -2.04. The second-order valence-corrected chi connectivity index (χ2v) is 8.82. The molecule has 0 spiro atoms. The maximum atomic E-state index is 12.4. The predicted molar refractivity (Wildman–Crippen MR) is 123 cm³/mol. The number of fused-ring (bicyclic) bond motifs is 2. The zero-order valence-electron chi connectivity index (χ0n) is 16.3. The molecule has 0 fully saturated rings. The third-order valence-corrected chi connectivity index (χ3v) is 6.35. The number of rotatable bonds is 5. The van der Waals surface area contributed by atoms with Crippen molar-refractivity contribution in [3.63, 3.8) is 0 Å². The van der Waals surface area contributed by atoms with Crippen molar-refractivity contribution in [3.8, 4) is 5.69 Å². The van der Waals surface area contributed by atoms with Crippen LogP contribution in [0.5, 0.6) is 0 Å². The van der Waals surface area contributed by atoms with Crippen molar-refractivity contribution in [2.24, 2.45) is 0 Å². The van der Waals surface area contributed by atoms with Gasteiger partial charge in [-0.2, -0.15) is 5.10 Å². The molecule has 2 N–H and O–H groups in total. The van der Waals surface area contributed by atoms with E-state index in [0.29, 0.717) is 21.3 Å². The number of para-hydroxylation sites is 1. The normalized spacial score (nSPS) is 11.3. The number of aromatic amines is 1. The van der Waals surface area contributed by atoms with Gasteiger partial charge in [-0.1, -0.05) is 47.4 Å². The third kappa shape index (κ3) is 3.94. The van der Waals surface area contributed by atoms with Gasteiger partial charge in [0, 0.05) is 0 Å². The lowest BCUT2D eigenvalue weighted by molar-refractivity contribution is -0.113. The summed E-state index contributed by atoms with van der Waals surface area (Å²) in [6.07, 6.45) is 1.49. The van der Waals surface area contributed by atoms with E-state index in [1.165, 1.54) is 17.5 Å². The van der Waals surface area contributed by atoms with Crippen LogP contribution in [0.3, 0.4) is 0 Å². The van der Waals surface area contributed by atoms with Crippen LogP contribution < -0.4 is 10.9 Å². The van der Waals surface area contributed by atoms with E-state index in [-0.39, 0.29) is 17.2 Å². The molecular weight excluding hydrogens is 432 g/mol. The Morgan fingerprint density at radius 1 is 1.19 bits per heavy atom. The van der Waals surface area contributed by atoms with E-state index in [1.807, 2.05) is 55.5 Å². The highest BCUT2D eigenvalue weighted by molar-refractivity contribution is 7.99. The number of aromatic nitrogens is 5. The zero-order chi connectivity index (χ0) is 21.4. The van der Waals surface area contributed by atoms with Crippen LogP contribution in [-0.4, -0.2) is 36.4 Å². The Kier molecular flexibility index (Phi) is 5.00. The summed E-state index contributed by atoms with van der Waals surface area (Å²) in [7, 11) is 0. The minimum absolute atomic E-state index is 0.0862. The van der Waals surface area contributed by atoms with Gasteiger partial charge in [-0.25, -0.2) is 14.6 Å². The molecule has 0 unspecified atom stereocenters. The van der Waals surface area contributed by atoms with Crippen LogP contribution in [-0.2, 0) is 4.79 Å². The van der Waals surface area contributed by atoms with Gasteiger partial charge < -0.3 is 10.3 Å². The van der Waals surface area contributed by atoms with Gasteiger partial charge in [-0.05, 0) is 36.8 Å². The summed E-state index contributed by atoms with van der Waals surface area (Å²) in [4.78, 5) is 36.5. The summed E-state index contributed by atoms with van der Waals surface area (Å²) in [6.45, 7) is 2.02. The highest BCUT2D eigenvalue weighted by atomic mass is 32.2. The summed E-state index contributed by atoms with van der Waals surface area (Å²) < 4.78 is 2.63. The fourth-order valence-corrected chi connectivity index (χ4v) is 4.74. The lowest BCUT2D eigenvalue weighted by Crippen LogP contribution is -2.15. The van der Waals surface area contributed by atoms with Gasteiger partial charge in [0.25, 0.3) is 5.56 Å². The molecule has 3 heterocycles. The number of benzene rings is 2. The quantitative estimate of drug-likeness (QED) is 0.313. The Morgan fingerprint density at radius 3 is 2.87 bits per heavy atom. The van der Waals surface area contributed by atoms with Gasteiger partial charge in [0.1, 0.15) is 5.39 Å². The first kappa shape index (κ1) is 19.5. The maximum Gasteiger partial charge on any atom is 0.262 e. The SMILES string of the molecule is Cc1ccc2nc(NC(=O)CSc3nc4c(cnn4-c4ccccc4)c(=O)[nH]3)sc2c1. The Balaban J connectivity index is 1.34. The van der Waals surface area contributed by atoms with Crippen LogP contribution in [0, 0.1) is 6.92 Å². The molecule has 8 nitrogen and oxygen atoms in total. The second kappa shape index (κ2) is 7.97. The molecule has 3 aromatic heterocycles. The fourth-order valence-electron chi connectivity index (χ4n) is 3.10. The van der Waals surface area contributed by atoms with Crippen molar-refractivity contribution in [2.45, 2.75) is 12.1 Å². The molecule has 0 saturated carbocycles. The Bertz CT molecular complexity index is 1470. The number of thiazole rings is 1. The largest absolute Gasteiger partial charge is 0.301 e. The first-order chi connectivity index (χ1) is 15.1. The first-order valence-corrected chi connectivity index (χ1v) is 11.2. The van der Waals surface area contributed by atoms with Gasteiger partial charge in [0.15, 0.2) is 15.9 Å². The van der Waals surface area contributed by atoms with E-state index >= 15 is 0 Å². The molecule has 5 rings (SSSR count). The van der Waals surface area contributed by atoms with E-state index in [2.05, 4.69) is 25.4 Å². The second-order valence-electron chi connectivity index (χ2n) is 6.83. The van der Waals surface area contributed by atoms with Gasteiger partial charge in [-0.15, -0.1) is 0 Å². The zero-order valence-corrected chi connectivity index (χ0v) is 18.0. The molecule has 0 aliphatic rings. The summed E-state index contributed by atoms with van der Waals surface area (Å²) in [6, 6.07) is 15.4. The van der Waals surface area contributed by atoms with Crippen molar-refractivity contribution < 1.29 is 4.79 Å². The van der Waals surface area contributed by atoms with Gasteiger partial charge in [-0.3, -0.25) is 9.59 Å². The van der Waals surface area contributed by atoms with Crippen LogP contribution in [0.1, 0.15) is 5.56 Å². The fraction of sp³-hybridized carbons (Fsp3) is 0.0952. The first-order valence-electron chi connectivity index (χ1n) is 9.40. The Morgan fingerprint density at radius 2 is 2.03 bits per heavy atom. The molecule has 10 heteroatoms. The number of H-pyrrole nitrogens is 1. The number of nitrogens with one attached hydrogen (secondary N) is 2. The number of carbonyl (C=O) groups is 1. The maximum absolute atomic E-state index is 12.4. The van der Waals surface area contributed by atoms with Crippen molar-refractivity contribution >= 4 is 55.4 Å². The molecule has 2 aromatic carbocycles. The van der Waals surface area contributed by atoms with Crippen molar-refractivity contribution in [1.82, 2.24) is 24.7 Å². The summed E-state index contributed by atoms with van der Waals surface area (Å²) in [5, 5.41) is 8.39. The van der Waals surface area contributed by atoms with Crippen LogP contribution >= 0.6 is 23.1 Å². The van der Waals surface area contributed by atoms with E-state index < -0.39 is 0 Å². The topological polar surface area (TPSA) is 106 Å². The number of carbonyl (C=O) groups excluding carboxylic acids is 1. The van der Waals surface area contributed by atoms with E-state index in [9.17, 15) is 9.59 Å². The van der Waals surface area contributed by atoms with Crippen LogP contribution in [0.25, 0.3) is 26.9 Å². The van der Waals surface area contributed by atoms with E-state index in [4.69, 9.17) is 0 Å². The van der Waals surface area contributed by atoms with Crippen LogP contribution in [0.2, 0.25) is 0 Å². The molecule has 0 saturated heterocycles. The van der Waals surface area contributed by atoms with Gasteiger partial charge in [0.2, 0.25) is 5.91 Å². The van der Waals surface area contributed by atoms with Crippen molar-refractivity contribution in [2.75, 3.05) is 11.1 Å². The Hall–Kier alpha value is -3.50. The van der Waals surface area contributed by atoms with Crippen molar-refractivity contribution in [3.05, 3.63) is 70.6 Å². The van der Waals surface area contributed by atoms with E-state index in [1.54, 1.807) is 4.68 Å². The van der Waals surface area contributed by atoms with Crippen LogP contribution in [0.4, 0.5) is 5.13 Å². The molecule has 154 valence electrons. The smallest absolute Gasteiger partial charge is 0.262 e. The number of hydrogen-bond donors (Lipinski definition) is 2. The predicted octanol–water partition coefficient (Wildman–Crippen LogP) is 3.76. The average Bonchev–Trinajstić information content (AvgIpc) is 3.36. The highest BCUT2D eigenvalue weighted by Gasteiger charge is 2.14. The molecule has 0 aliphatic carbocycles. The number of amides is 1. The standard InChI is InChI=1S/C21H16N6O2S2/c1-12-7-8-15-16(9-12)31-21(23-15)24-17(28)11-30-20-25-18-14(19(29)26-20)10-22-27(18)13-5-3-2-4-6-13/h2-10H,11H2,1H3,(H,23,24,28)(H,25,26,29). The Labute approximate surface area is 184 Å². The van der Waals surface area contributed by atoms with E-state index in [0.717, 1.165) is 33.2 Å². The minimum atomic E-state index is -0.295. The molecule has 0 radical (unpaired) electrons. The van der Waals surface area contributed by atoms with Crippen LogP contribution in [0.15, 0.2) is 64.7 Å². The summed E-state index contributed by atoms with van der Waals surface area (Å²) in [5.74, 6) is -0.136. The summed E-state index contributed by atoms with van der Waals surface area (Å²) in [5.41, 5.74) is 2.94. The highest BCUT2D eigenvalue weighted by Crippen LogP contribution is 2.27. The number of thioether (sulfide) groups is 1. The number of anilines is 1. The lowest BCUT2D eigenvalue weighted by atomic mass is 10.2. The molecule has 0 bridgehead atoms. The average molecular weight is 449 g/mol. The van der Waals surface area contributed by atoms with Gasteiger partial charge >= 0.3 is 0 Å². The molecule has 0 atom stereocenters. The molecule has 1 amide bonds. The molecular formula is C21H16N6O2S2. The number of aryl methyl sites for hydroxylation is 1. The third-order valence-electron chi connectivity index (χ3n) is 4.55. The number of hydrogen-bond acceptors (Lipinski definition) is 7. The minimum Gasteiger partial charge on any atom is -0.301 e.